The molecule has 0 aliphatic carbocycles. The van der Waals surface area contributed by atoms with Crippen LogP contribution < -0.4 is 0 Å². The minimum absolute atomic E-state index is 0.783. The fourth-order valence-corrected chi connectivity index (χ4v) is 2.28. The molecule has 0 aliphatic heterocycles. The molecule has 3 aromatic rings. The van der Waals surface area contributed by atoms with E-state index in [1.54, 1.807) is 23.9 Å². The molecule has 0 bridgehead atoms. The Balaban J connectivity index is 1.83. The first-order valence-electron chi connectivity index (χ1n) is 4.87. The van der Waals surface area contributed by atoms with Gasteiger partial charge in [-0.15, -0.1) is 11.3 Å². The maximum Gasteiger partial charge on any atom is 0.153 e. The summed E-state index contributed by atoms with van der Waals surface area (Å²) in [6.45, 7) is 0. The molecule has 80 valence electrons. The van der Waals surface area contributed by atoms with E-state index in [2.05, 4.69) is 15.0 Å². The Labute approximate surface area is 96.0 Å². The number of hydrogen-bond acceptors (Lipinski definition) is 4. The summed E-state index contributed by atoms with van der Waals surface area (Å²) in [6, 6.07) is 3.78. The second kappa shape index (κ2) is 3.94. The highest BCUT2D eigenvalue weighted by Crippen LogP contribution is 2.23. The number of nitrogens with one attached hydrogen (secondary N) is 1. The zero-order chi connectivity index (χ0) is 10.8. The molecule has 3 aromatic heterocycles. The van der Waals surface area contributed by atoms with Crippen LogP contribution in [0.3, 0.4) is 0 Å². The Kier molecular flexibility index (Phi) is 2.30. The SMILES string of the molecule is c1coc(-c2csc(Cc3cnc[nH]3)n2)c1. The number of hydrogen-bond donors (Lipinski definition) is 1. The van der Waals surface area contributed by atoms with Crippen molar-refractivity contribution in [3.63, 3.8) is 0 Å². The third kappa shape index (κ3) is 1.77. The molecular weight excluding hydrogens is 222 g/mol. The van der Waals surface area contributed by atoms with Crippen LogP contribution in [0.1, 0.15) is 10.7 Å². The molecule has 5 heteroatoms. The molecule has 16 heavy (non-hydrogen) atoms. The van der Waals surface area contributed by atoms with Gasteiger partial charge in [-0.3, -0.25) is 0 Å². The first-order valence-corrected chi connectivity index (χ1v) is 5.75. The van der Waals surface area contributed by atoms with Gasteiger partial charge in [-0.2, -0.15) is 0 Å². The summed E-state index contributed by atoms with van der Waals surface area (Å²) < 4.78 is 5.29. The molecular formula is C11H9N3OS. The summed E-state index contributed by atoms with van der Waals surface area (Å²) >= 11 is 1.63. The fourth-order valence-electron chi connectivity index (χ4n) is 1.47. The number of rotatable bonds is 3. The molecule has 3 heterocycles. The Morgan fingerprint density at radius 2 is 2.44 bits per heavy atom. The van der Waals surface area contributed by atoms with Crippen molar-refractivity contribution in [2.45, 2.75) is 6.42 Å². The molecule has 0 unspecified atom stereocenters. The summed E-state index contributed by atoms with van der Waals surface area (Å²) in [4.78, 5) is 11.5. The normalized spacial score (nSPS) is 10.8. The van der Waals surface area contributed by atoms with Crippen molar-refractivity contribution in [2.24, 2.45) is 0 Å². The van der Waals surface area contributed by atoms with Crippen molar-refractivity contribution in [1.82, 2.24) is 15.0 Å². The van der Waals surface area contributed by atoms with Crippen LogP contribution in [0.4, 0.5) is 0 Å². The van der Waals surface area contributed by atoms with E-state index in [0.29, 0.717) is 0 Å². The van der Waals surface area contributed by atoms with Crippen molar-refractivity contribution in [1.29, 1.82) is 0 Å². The highest BCUT2D eigenvalue weighted by Gasteiger charge is 2.07. The van der Waals surface area contributed by atoms with Crippen LogP contribution in [-0.2, 0) is 6.42 Å². The van der Waals surface area contributed by atoms with E-state index >= 15 is 0 Å². The molecule has 0 saturated heterocycles. The van der Waals surface area contributed by atoms with Crippen LogP contribution >= 0.6 is 11.3 Å². The average molecular weight is 231 g/mol. The minimum atomic E-state index is 0.783. The second-order valence-electron chi connectivity index (χ2n) is 3.36. The lowest BCUT2D eigenvalue weighted by Crippen LogP contribution is -1.86. The van der Waals surface area contributed by atoms with Gasteiger partial charge in [-0.05, 0) is 12.1 Å². The highest BCUT2D eigenvalue weighted by atomic mass is 32.1. The largest absolute Gasteiger partial charge is 0.463 e. The number of nitrogens with zero attached hydrogens (tertiary/aromatic N) is 2. The monoisotopic (exact) mass is 231 g/mol. The Bertz CT molecular complexity index is 554. The minimum Gasteiger partial charge on any atom is -0.463 e. The summed E-state index contributed by atoms with van der Waals surface area (Å²) in [5, 5.41) is 3.06. The maximum atomic E-state index is 5.29. The maximum absolute atomic E-state index is 5.29. The fraction of sp³-hybridized carbons (Fsp3) is 0.0909. The number of aromatic nitrogens is 3. The predicted molar refractivity (Wildman–Crippen MR) is 61.2 cm³/mol. The molecule has 0 fully saturated rings. The lowest BCUT2D eigenvalue weighted by Gasteiger charge is -1.91. The van der Waals surface area contributed by atoms with E-state index in [-0.39, 0.29) is 0 Å². The Hall–Kier alpha value is -1.88. The predicted octanol–water partition coefficient (Wildman–Crippen LogP) is 2.72. The summed E-state index contributed by atoms with van der Waals surface area (Å²) in [5.41, 5.74) is 1.96. The highest BCUT2D eigenvalue weighted by molar-refractivity contribution is 7.10. The number of thiazole rings is 1. The lowest BCUT2D eigenvalue weighted by atomic mass is 10.3. The molecule has 0 amide bonds. The molecule has 0 spiro atoms. The standard InChI is InChI=1S/C11H9N3OS/c1-2-10(15-3-1)9-6-16-11(14-9)4-8-5-12-7-13-8/h1-3,5-7H,4H2,(H,12,13). The van der Waals surface area contributed by atoms with Gasteiger partial charge in [0, 0.05) is 23.7 Å². The second-order valence-corrected chi connectivity index (χ2v) is 4.30. The van der Waals surface area contributed by atoms with E-state index < -0.39 is 0 Å². The molecule has 0 saturated carbocycles. The lowest BCUT2D eigenvalue weighted by molar-refractivity contribution is 0.580. The van der Waals surface area contributed by atoms with Crippen molar-refractivity contribution in [2.75, 3.05) is 0 Å². The van der Waals surface area contributed by atoms with E-state index in [1.165, 1.54) is 0 Å². The van der Waals surface area contributed by atoms with Crippen LogP contribution in [0.25, 0.3) is 11.5 Å². The smallest absolute Gasteiger partial charge is 0.153 e. The van der Waals surface area contributed by atoms with Gasteiger partial charge in [0.2, 0.25) is 0 Å². The number of H-pyrrole nitrogens is 1. The van der Waals surface area contributed by atoms with Crippen molar-refractivity contribution < 1.29 is 4.42 Å². The van der Waals surface area contributed by atoms with Crippen LogP contribution in [0.15, 0.2) is 40.7 Å². The van der Waals surface area contributed by atoms with Crippen molar-refractivity contribution in [3.8, 4) is 11.5 Å². The van der Waals surface area contributed by atoms with E-state index in [9.17, 15) is 0 Å². The zero-order valence-electron chi connectivity index (χ0n) is 8.38. The van der Waals surface area contributed by atoms with Crippen LogP contribution in [0.2, 0.25) is 0 Å². The molecule has 0 radical (unpaired) electrons. The molecule has 0 atom stereocenters. The Morgan fingerprint density at radius 1 is 1.44 bits per heavy atom. The summed E-state index contributed by atoms with van der Waals surface area (Å²) in [7, 11) is 0. The third-order valence-corrected chi connectivity index (χ3v) is 3.07. The Morgan fingerprint density at radius 3 is 3.19 bits per heavy atom. The number of furan rings is 1. The molecule has 4 nitrogen and oxygen atoms in total. The van der Waals surface area contributed by atoms with Crippen LogP contribution in [0, 0.1) is 0 Å². The van der Waals surface area contributed by atoms with E-state index in [0.717, 1.165) is 28.6 Å². The zero-order valence-corrected chi connectivity index (χ0v) is 9.20. The van der Waals surface area contributed by atoms with Gasteiger partial charge in [-0.25, -0.2) is 9.97 Å². The van der Waals surface area contributed by atoms with Crippen molar-refractivity contribution in [3.05, 3.63) is 47.0 Å². The van der Waals surface area contributed by atoms with Crippen molar-refractivity contribution >= 4 is 11.3 Å². The van der Waals surface area contributed by atoms with Crippen LogP contribution in [0.5, 0.6) is 0 Å². The third-order valence-electron chi connectivity index (χ3n) is 2.22. The van der Waals surface area contributed by atoms with Gasteiger partial charge in [0.25, 0.3) is 0 Å². The quantitative estimate of drug-likeness (QED) is 0.754. The van der Waals surface area contributed by atoms with Gasteiger partial charge in [0.15, 0.2) is 5.76 Å². The molecule has 3 rings (SSSR count). The van der Waals surface area contributed by atoms with Crippen LogP contribution in [-0.4, -0.2) is 15.0 Å². The van der Waals surface area contributed by atoms with Gasteiger partial charge in [-0.1, -0.05) is 0 Å². The molecule has 1 N–H and O–H groups in total. The molecule has 0 aliphatic rings. The van der Waals surface area contributed by atoms with E-state index in [1.807, 2.05) is 23.7 Å². The topological polar surface area (TPSA) is 54.7 Å². The average Bonchev–Trinajstić information content (AvgIpc) is 2.99. The number of aromatic amines is 1. The molecule has 0 aromatic carbocycles. The van der Waals surface area contributed by atoms with Gasteiger partial charge >= 0.3 is 0 Å². The van der Waals surface area contributed by atoms with Gasteiger partial charge in [0.1, 0.15) is 5.69 Å². The summed E-state index contributed by atoms with van der Waals surface area (Å²) in [5.74, 6) is 0.812. The van der Waals surface area contributed by atoms with E-state index in [4.69, 9.17) is 4.42 Å². The first-order chi connectivity index (χ1) is 7.92. The van der Waals surface area contributed by atoms with Gasteiger partial charge in [0.05, 0.1) is 17.6 Å². The van der Waals surface area contributed by atoms with Gasteiger partial charge < -0.3 is 9.40 Å². The first kappa shape index (κ1) is 9.35. The summed E-state index contributed by atoms with van der Waals surface area (Å²) in [6.07, 6.45) is 5.93. The number of imidazole rings is 1.